The largest absolute Gasteiger partial charge is 0.458 e. The molecule has 0 N–H and O–H groups in total. The summed E-state index contributed by atoms with van der Waals surface area (Å²) in [6.45, 7) is 8.55. The van der Waals surface area contributed by atoms with E-state index in [2.05, 4.69) is 31.0 Å². The van der Waals surface area contributed by atoms with Gasteiger partial charge in [0.15, 0.2) is 0 Å². The van der Waals surface area contributed by atoms with Crippen molar-refractivity contribution < 1.29 is 18.5 Å². The molecule has 29 heavy (non-hydrogen) atoms. The number of cyclic esters (lactones) is 1. The van der Waals surface area contributed by atoms with Crippen LogP contribution in [0.4, 0.5) is 0 Å². The Morgan fingerprint density at radius 3 is 2.86 bits per heavy atom. The molecule has 5 heteroatoms. The molecule has 0 radical (unpaired) electrons. The average molecular weight is 424 g/mol. The lowest BCUT2D eigenvalue weighted by Gasteiger charge is -2.25. The fraction of sp³-hybridized carbons (Fsp3) is 0.667. The molecule has 3 rings (SSSR count). The van der Waals surface area contributed by atoms with E-state index < -0.39 is 0 Å². The van der Waals surface area contributed by atoms with Gasteiger partial charge in [-0.15, -0.1) is 11.3 Å². The standard InChI is InChI=1S/C24H35NO3S.3H2/c1-17(14-19-16-29-18(2)25-19)21-15-22-20(27-22)10-8-6-5-7-9-12-24(3,4)13-11-23(26)28-21;;;/h6,8,14,16,20-22H,5,7,9-13,15H2,1-4H3;3*1H/b8-6-,17-14+;;;. The zero-order valence-electron chi connectivity index (χ0n) is 18.3. The first-order chi connectivity index (χ1) is 13.8. The quantitative estimate of drug-likeness (QED) is 0.292. The predicted octanol–water partition coefficient (Wildman–Crippen LogP) is 6.99. The van der Waals surface area contributed by atoms with E-state index in [1.165, 1.54) is 12.8 Å². The number of esters is 1. The van der Waals surface area contributed by atoms with Gasteiger partial charge in [0.05, 0.1) is 22.9 Å². The molecule has 0 bridgehead atoms. The Hall–Kier alpha value is -1.46. The molecule has 3 heterocycles. The van der Waals surface area contributed by atoms with E-state index in [0.29, 0.717) is 6.42 Å². The summed E-state index contributed by atoms with van der Waals surface area (Å²) in [6.07, 6.45) is 14.5. The summed E-state index contributed by atoms with van der Waals surface area (Å²) in [6, 6.07) is 0. The van der Waals surface area contributed by atoms with Crippen LogP contribution in [0.5, 0.6) is 0 Å². The van der Waals surface area contributed by atoms with Crippen LogP contribution >= 0.6 is 11.3 Å². The van der Waals surface area contributed by atoms with E-state index in [-0.39, 0.29) is 34.0 Å². The lowest BCUT2D eigenvalue weighted by Crippen LogP contribution is -2.23. The minimum absolute atomic E-state index is 0. The van der Waals surface area contributed by atoms with Gasteiger partial charge >= 0.3 is 5.97 Å². The van der Waals surface area contributed by atoms with Crippen LogP contribution in [0, 0.1) is 12.3 Å². The minimum Gasteiger partial charge on any atom is -0.458 e. The highest BCUT2D eigenvalue weighted by molar-refractivity contribution is 7.09. The molecule has 3 unspecified atom stereocenters. The number of nitrogens with zero attached hydrogens (tertiary/aromatic N) is 1. The molecule has 2 aliphatic heterocycles. The summed E-state index contributed by atoms with van der Waals surface area (Å²) in [5.41, 5.74) is 2.14. The predicted molar refractivity (Wildman–Crippen MR) is 125 cm³/mol. The van der Waals surface area contributed by atoms with Crippen molar-refractivity contribution in [1.82, 2.24) is 4.98 Å². The van der Waals surface area contributed by atoms with E-state index in [0.717, 1.165) is 48.4 Å². The summed E-state index contributed by atoms with van der Waals surface area (Å²) < 4.78 is 11.8. The van der Waals surface area contributed by atoms with Crippen molar-refractivity contribution in [1.29, 1.82) is 0 Å². The van der Waals surface area contributed by atoms with Crippen LogP contribution < -0.4 is 0 Å². The normalized spacial score (nSPS) is 30.3. The Morgan fingerprint density at radius 1 is 1.28 bits per heavy atom. The molecular weight excluding hydrogens is 382 g/mol. The Bertz CT molecular complexity index is 763. The van der Waals surface area contributed by atoms with Gasteiger partial charge in [0.25, 0.3) is 0 Å². The molecule has 1 aromatic heterocycles. The number of aryl methyl sites for hydroxylation is 1. The van der Waals surface area contributed by atoms with E-state index >= 15 is 0 Å². The Balaban J connectivity index is 0.00000320. The van der Waals surface area contributed by atoms with Gasteiger partial charge < -0.3 is 9.47 Å². The third-order valence-electron chi connectivity index (χ3n) is 5.94. The molecule has 4 nitrogen and oxygen atoms in total. The molecule has 1 fully saturated rings. The van der Waals surface area contributed by atoms with Crippen molar-refractivity contribution in [3.05, 3.63) is 33.8 Å². The minimum atomic E-state index is -0.250. The second kappa shape index (κ2) is 10.0. The van der Waals surface area contributed by atoms with Gasteiger partial charge in [-0.3, -0.25) is 4.79 Å². The van der Waals surface area contributed by atoms with Gasteiger partial charge in [-0.05, 0) is 63.0 Å². The lowest BCUT2D eigenvalue weighted by molar-refractivity contribution is -0.148. The summed E-state index contributed by atoms with van der Waals surface area (Å²) in [4.78, 5) is 17.2. The highest BCUT2D eigenvalue weighted by atomic mass is 32.1. The van der Waals surface area contributed by atoms with Crippen molar-refractivity contribution in [2.24, 2.45) is 5.41 Å². The van der Waals surface area contributed by atoms with Crippen molar-refractivity contribution in [3.63, 3.8) is 0 Å². The first-order valence-electron chi connectivity index (χ1n) is 10.9. The monoisotopic (exact) mass is 423 g/mol. The van der Waals surface area contributed by atoms with Crippen molar-refractivity contribution in [2.75, 3.05) is 0 Å². The smallest absolute Gasteiger partial charge is 0.306 e. The Morgan fingerprint density at radius 2 is 2.10 bits per heavy atom. The number of hydrogen-bond acceptors (Lipinski definition) is 5. The third kappa shape index (κ3) is 7.38. The van der Waals surface area contributed by atoms with E-state index in [9.17, 15) is 4.79 Å². The fourth-order valence-corrected chi connectivity index (χ4v) is 4.47. The van der Waals surface area contributed by atoms with Crippen LogP contribution in [0.3, 0.4) is 0 Å². The number of ether oxygens (including phenoxy) is 2. The number of allylic oxidation sites excluding steroid dienone is 1. The van der Waals surface area contributed by atoms with Crippen molar-refractivity contribution in [3.8, 4) is 0 Å². The number of carbonyl (C=O) groups is 1. The maximum atomic E-state index is 12.6. The van der Waals surface area contributed by atoms with Crippen molar-refractivity contribution >= 4 is 23.4 Å². The van der Waals surface area contributed by atoms with Crippen LogP contribution in [0.15, 0.2) is 23.1 Å². The van der Waals surface area contributed by atoms with Gasteiger partial charge in [0.2, 0.25) is 0 Å². The summed E-state index contributed by atoms with van der Waals surface area (Å²) in [5.74, 6) is -0.102. The van der Waals surface area contributed by atoms with Crippen LogP contribution in [0.2, 0.25) is 0 Å². The van der Waals surface area contributed by atoms with Gasteiger partial charge in [-0.25, -0.2) is 4.98 Å². The van der Waals surface area contributed by atoms with Gasteiger partial charge in [-0.2, -0.15) is 0 Å². The number of fused-ring (bicyclic) bond motifs is 1. The second-order valence-electron chi connectivity index (χ2n) is 9.22. The van der Waals surface area contributed by atoms with Gasteiger partial charge in [-0.1, -0.05) is 32.4 Å². The van der Waals surface area contributed by atoms with Gasteiger partial charge in [0, 0.05) is 22.5 Å². The summed E-state index contributed by atoms with van der Waals surface area (Å²) in [5, 5.41) is 3.08. The van der Waals surface area contributed by atoms with Crippen molar-refractivity contribution in [2.45, 2.75) is 97.4 Å². The molecule has 0 saturated carbocycles. The molecule has 166 valence electrons. The van der Waals surface area contributed by atoms with E-state index in [1.807, 2.05) is 25.3 Å². The second-order valence-corrected chi connectivity index (χ2v) is 10.3. The Labute approximate surface area is 183 Å². The molecule has 2 aliphatic rings. The van der Waals surface area contributed by atoms with E-state index in [1.54, 1.807) is 11.3 Å². The molecule has 1 saturated heterocycles. The zero-order chi connectivity index (χ0) is 20.9. The number of carbonyl (C=O) groups excluding carboxylic acids is 1. The number of rotatable bonds is 2. The zero-order valence-corrected chi connectivity index (χ0v) is 19.1. The maximum absolute atomic E-state index is 12.6. The maximum Gasteiger partial charge on any atom is 0.306 e. The average Bonchev–Trinajstić information content (AvgIpc) is 3.27. The fourth-order valence-electron chi connectivity index (χ4n) is 3.90. The summed E-state index contributed by atoms with van der Waals surface area (Å²) in [7, 11) is 0. The molecule has 0 aromatic carbocycles. The SMILES string of the molecule is C/C(=C\c1csc(C)n1)C1CC2OC2C/C=C\CCCCC(C)(C)CCC(=O)O1.[HH].[HH].[HH]. The summed E-state index contributed by atoms with van der Waals surface area (Å²) >= 11 is 1.63. The third-order valence-corrected chi connectivity index (χ3v) is 6.73. The topological polar surface area (TPSA) is 51.7 Å². The number of epoxide rings is 1. The number of aromatic nitrogens is 1. The van der Waals surface area contributed by atoms with E-state index in [4.69, 9.17) is 9.47 Å². The molecular formula is C24H41NO3S. The van der Waals surface area contributed by atoms with Gasteiger partial charge in [0.1, 0.15) is 6.10 Å². The van der Waals surface area contributed by atoms with Crippen LogP contribution in [-0.2, 0) is 14.3 Å². The first-order valence-corrected chi connectivity index (χ1v) is 11.8. The van der Waals surface area contributed by atoms with Crippen LogP contribution in [0.1, 0.15) is 87.1 Å². The number of thiazole rings is 1. The molecule has 1 aromatic rings. The highest BCUT2D eigenvalue weighted by Crippen LogP contribution is 2.34. The molecule has 0 spiro atoms. The molecule has 0 aliphatic carbocycles. The first kappa shape index (κ1) is 22.2. The van der Waals surface area contributed by atoms with Crippen LogP contribution in [0.25, 0.3) is 6.08 Å². The molecule has 0 amide bonds. The molecule has 3 atom stereocenters. The number of hydrogen-bond donors (Lipinski definition) is 0. The van der Waals surface area contributed by atoms with Crippen LogP contribution in [-0.4, -0.2) is 29.3 Å². The lowest BCUT2D eigenvalue weighted by atomic mass is 9.82. The Kier molecular flexibility index (Phi) is 7.69. The highest BCUT2D eigenvalue weighted by Gasteiger charge is 2.40.